The highest BCUT2D eigenvalue weighted by Gasteiger charge is 2.21. The highest BCUT2D eigenvalue weighted by atomic mass is 16.3. The number of fused-ring (bicyclic) bond motifs is 1. The lowest BCUT2D eigenvalue weighted by Crippen LogP contribution is -2.32. The fourth-order valence-electron chi connectivity index (χ4n) is 3.38. The summed E-state index contributed by atoms with van der Waals surface area (Å²) in [6, 6.07) is 14.7. The third kappa shape index (κ3) is 2.92. The first-order valence-electron chi connectivity index (χ1n) is 9.05. The summed E-state index contributed by atoms with van der Waals surface area (Å²) in [5, 5.41) is 3.43. The zero-order chi connectivity index (χ0) is 18.1. The minimum atomic E-state index is -0.187. The molecule has 4 heteroatoms. The summed E-state index contributed by atoms with van der Waals surface area (Å²) in [5.74, 6) is 0.902. The first-order valence-corrected chi connectivity index (χ1v) is 9.05. The van der Waals surface area contributed by atoms with Gasteiger partial charge in [-0.3, -0.25) is 9.59 Å². The lowest BCUT2D eigenvalue weighted by Gasteiger charge is -2.25. The van der Waals surface area contributed by atoms with Gasteiger partial charge in [-0.25, -0.2) is 0 Å². The lowest BCUT2D eigenvalue weighted by atomic mass is 9.85. The Labute approximate surface area is 151 Å². The van der Waals surface area contributed by atoms with Gasteiger partial charge in [-0.05, 0) is 37.8 Å². The second kappa shape index (κ2) is 6.79. The van der Waals surface area contributed by atoms with Crippen LogP contribution in [-0.4, -0.2) is 12.5 Å². The summed E-state index contributed by atoms with van der Waals surface area (Å²) in [6.07, 6.45) is 3.58. The quantitative estimate of drug-likeness (QED) is 0.765. The Bertz CT molecular complexity index is 1020. The van der Waals surface area contributed by atoms with E-state index >= 15 is 0 Å². The second-order valence-corrected chi connectivity index (χ2v) is 6.94. The highest BCUT2D eigenvalue weighted by molar-refractivity contribution is 6.05. The second-order valence-electron chi connectivity index (χ2n) is 6.94. The van der Waals surface area contributed by atoms with Gasteiger partial charge in [0.05, 0.1) is 10.9 Å². The van der Waals surface area contributed by atoms with Gasteiger partial charge in [-0.15, -0.1) is 0 Å². The van der Waals surface area contributed by atoms with E-state index in [2.05, 4.69) is 5.32 Å². The number of amides is 1. The Morgan fingerprint density at radius 1 is 1.12 bits per heavy atom. The van der Waals surface area contributed by atoms with Gasteiger partial charge in [0.2, 0.25) is 0 Å². The van der Waals surface area contributed by atoms with Crippen molar-refractivity contribution in [3.63, 3.8) is 0 Å². The van der Waals surface area contributed by atoms with E-state index < -0.39 is 0 Å². The van der Waals surface area contributed by atoms with Crippen LogP contribution in [-0.2, 0) is 0 Å². The molecule has 1 amide bonds. The normalized spacial score (nSPS) is 14.2. The van der Waals surface area contributed by atoms with E-state index in [-0.39, 0.29) is 11.3 Å². The summed E-state index contributed by atoms with van der Waals surface area (Å²) in [6.45, 7) is 2.44. The molecule has 1 N–H and O–H groups in total. The van der Waals surface area contributed by atoms with Crippen molar-refractivity contribution in [3.05, 3.63) is 69.9 Å². The molecule has 0 unspecified atom stereocenters. The molecule has 26 heavy (non-hydrogen) atoms. The van der Waals surface area contributed by atoms with Crippen LogP contribution in [0.4, 0.5) is 0 Å². The molecular weight excluding hydrogens is 326 g/mol. The molecule has 1 fully saturated rings. The van der Waals surface area contributed by atoms with E-state index in [9.17, 15) is 9.59 Å². The Hall–Kier alpha value is -2.88. The van der Waals surface area contributed by atoms with Crippen LogP contribution in [0.5, 0.6) is 0 Å². The first-order chi connectivity index (χ1) is 12.6. The molecule has 0 spiro atoms. The number of carbonyl (C=O) groups excluding carboxylic acids is 1. The van der Waals surface area contributed by atoms with Crippen LogP contribution in [0, 0.1) is 12.8 Å². The Morgan fingerprint density at radius 3 is 2.58 bits per heavy atom. The number of hydrogen-bond acceptors (Lipinski definition) is 3. The first kappa shape index (κ1) is 16.6. The van der Waals surface area contributed by atoms with Crippen molar-refractivity contribution in [3.8, 4) is 11.3 Å². The van der Waals surface area contributed by atoms with Gasteiger partial charge < -0.3 is 9.73 Å². The summed E-state index contributed by atoms with van der Waals surface area (Å²) in [5.41, 5.74) is 2.05. The van der Waals surface area contributed by atoms with E-state index in [0.717, 1.165) is 5.56 Å². The molecule has 1 heterocycles. The van der Waals surface area contributed by atoms with Gasteiger partial charge in [0.25, 0.3) is 5.91 Å². The molecule has 1 aromatic heterocycles. The number of hydrogen-bond donors (Lipinski definition) is 1. The maximum absolute atomic E-state index is 12.8. The Kier molecular flexibility index (Phi) is 4.33. The van der Waals surface area contributed by atoms with Crippen LogP contribution in [0.15, 0.2) is 57.7 Å². The van der Waals surface area contributed by atoms with Gasteiger partial charge in [-0.2, -0.15) is 0 Å². The van der Waals surface area contributed by atoms with Gasteiger partial charge in [0, 0.05) is 17.7 Å². The topological polar surface area (TPSA) is 59.3 Å². The number of nitrogens with one attached hydrogen (secondary N) is 1. The van der Waals surface area contributed by atoms with Crippen LogP contribution in [0.3, 0.4) is 0 Å². The number of para-hydroxylation sites is 1. The maximum atomic E-state index is 12.8. The SMILES string of the molecule is Cc1c(-c2ccccc2)oc2c(C(=O)NCC3CCC3)cccc2c1=O. The largest absolute Gasteiger partial charge is 0.455 e. The number of carbonyl (C=O) groups is 1. The van der Waals surface area contributed by atoms with Crippen molar-refractivity contribution in [2.75, 3.05) is 6.54 Å². The zero-order valence-corrected chi connectivity index (χ0v) is 14.7. The van der Waals surface area contributed by atoms with Crippen molar-refractivity contribution >= 4 is 16.9 Å². The van der Waals surface area contributed by atoms with E-state index in [1.165, 1.54) is 19.3 Å². The Morgan fingerprint density at radius 2 is 1.88 bits per heavy atom. The molecule has 1 aliphatic carbocycles. The van der Waals surface area contributed by atoms with E-state index in [4.69, 9.17) is 4.42 Å². The van der Waals surface area contributed by atoms with Crippen molar-refractivity contribution in [2.45, 2.75) is 26.2 Å². The van der Waals surface area contributed by atoms with Gasteiger partial charge in [-0.1, -0.05) is 42.8 Å². The molecule has 3 aromatic rings. The summed E-state index contributed by atoms with van der Waals surface area (Å²) in [4.78, 5) is 25.5. The molecular formula is C22H21NO3. The van der Waals surface area contributed by atoms with Crippen LogP contribution < -0.4 is 10.7 Å². The van der Waals surface area contributed by atoms with Crippen LogP contribution in [0.1, 0.15) is 35.2 Å². The summed E-state index contributed by atoms with van der Waals surface area (Å²) >= 11 is 0. The van der Waals surface area contributed by atoms with E-state index in [1.54, 1.807) is 25.1 Å². The van der Waals surface area contributed by atoms with Gasteiger partial charge in [0.15, 0.2) is 11.0 Å². The summed E-state index contributed by atoms with van der Waals surface area (Å²) in [7, 11) is 0. The molecule has 1 aliphatic rings. The fraction of sp³-hybridized carbons (Fsp3) is 0.273. The highest BCUT2D eigenvalue weighted by Crippen LogP contribution is 2.28. The third-order valence-corrected chi connectivity index (χ3v) is 5.20. The number of benzene rings is 2. The summed E-state index contributed by atoms with van der Waals surface area (Å²) < 4.78 is 6.10. The van der Waals surface area contributed by atoms with Crippen LogP contribution in [0.25, 0.3) is 22.3 Å². The molecule has 1 saturated carbocycles. The predicted octanol–water partition coefficient (Wildman–Crippen LogP) is 4.30. The van der Waals surface area contributed by atoms with Crippen molar-refractivity contribution in [1.82, 2.24) is 5.32 Å². The average molecular weight is 347 g/mol. The van der Waals surface area contributed by atoms with E-state index in [1.807, 2.05) is 30.3 Å². The fourth-order valence-corrected chi connectivity index (χ4v) is 3.38. The maximum Gasteiger partial charge on any atom is 0.255 e. The average Bonchev–Trinajstić information content (AvgIpc) is 2.63. The lowest BCUT2D eigenvalue weighted by molar-refractivity contribution is 0.0939. The van der Waals surface area contributed by atoms with E-state index in [0.29, 0.717) is 40.3 Å². The van der Waals surface area contributed by atoms with Gasteiger partial charge >= 0.3 is 0 Å². The smallest absolute Gasteiger partial charge is 0.255 e. The molecule has 2 aromatic carbocycles. The molecule has 0 atom stereocenters. The Balaban J connectivity index is 1.80. The minimum Gasteiger partial charge on any atom is -0.455 e. The van der Waals surface area contributed by atoms with Crippen molar-refractivity contribution < 1.29 is 9.21 Å². The molecule has 4 rings (SSSR count). The predicted molar refractivity (Wildman–Crippen MR) is 102 cm³/mol. The van der Waals surface area contributed by atoms with Crippen molar-refractivity contribution in [2.24, 2.45) is 5.92 Å². The number of rotatable bonds is 4. The standard InChI is InChI=1S/C22H21NO3/c1-14-19(24)17-11-6-12-18(22(25)23-13-15-7-5-8-15)21(17)26-20(14)16-9-3-2-4-10-16/h2-4,6,9-12,15H,5,7-8,13H2,1H3,(H,23,25). The third-order valence-electron chi connectivity index (χ3n) is 5.20. The van der Waals surface area contributed by atoms with Crippen molar-refractivity contribution in [1.29, 1.82) is 0 Å². The van der Waals surface area contributed by atoms with Crippen LogP contribution >= 0.6 is 0 Å². The molecule has 0 aliphatic heterocycles. The minimum absolute atomic E-state index is 0.0984. The molecule has 4 nitrogen and oxygen atoms in total. The van der Waals surface area contributed by atoms with Crippen LogP contribution in [0.2, 0.25) is 0 Å². The van der Waals surface area contributed by atoms with Gasteiger partial charge in [0.1, 0.15) is 5.76 Å². The molecule has 0 radical (unpaired) electrons. The molecule has 132 valence electrons. The molecule has 0 bridgehead atoms. The monoisotopic (exact) mass is 347 g/mol. The zero-order valence-electron chi connectivity index (χ0n) is 14.7. The molecule has 0 saturated heterocycles.